The summed E-state index contributed by atoms with van der Waals surface area (Å²) in [7, 11) is 0. The predicted octanol–water partition coefficient (Wildman–Crippen LogP) is 3.74. The second kappa shape index (κ2) is 8.10. The molecule has 0 bridgehead atoms. The standard InChI is InChI=1S/C17H16N2O2S2/c20-14(11-22-16-4-2-1-3-5-16)10-21-15-8-6-13(7-9-15)17-12-23-19-18-17/h1-9,12,14,20H,10-11H2/t14-/m1/s1. The van der Waals surface area contributed by atoms with Crippen LogP contribution >= 0.6 is 23.3 Å². The van der Waals surface area contributed by atoms with E-state index in [9.17, 15) is 5.11 Å². The van der Waals surface area contributed by atoms with Crippen LogP contribution in [0.2, 0.25) is 0 Å². The van der Waals surface area contributed by atoms with Crippen LogP contribution in [0.1, 0.15) is 0 Å². The van der Waals surface area contributed by atoms with E-state index in [1.807, 2.05) is 60.0 Å². The maximum Gasteiger partial charge on any atom is 0.119 e. The molecule has 0 aliphatic carbocycles. The monoisotopic (exact) mass is 344 g/mol. The molecule has 3 aromatic rings. The quantitative estimate of drug-likeness (QED) is 0.662. The maximum absolute atomic E-state index is 10.0. The highest BCUT2D eigenvalue weighted by atomic mass is 32.2. The second-order valence-corrected chi connectivity index (χ2v) is 6.61. The zero-order chi connectivity index (χ0) is 15.9. The summed E-state index contributed by atoms with van der Waals surface area (Å²) in [5, 5.41) is 15.9. The highest BCUT2D eigenvalue weighted by Gasteiger charge is 2.07. The molecule has 0 fully saturated rings. The van der Waals surface area contributed by atoms with Gasteiger partial charge in [0.15, 0.2) is 0 Å². The minimum absolute atomic E-state index is 0.275. The molecule has 0 spiro atoms. The maximum atomic E-state index is 10.0. The van der Waals surface area contributed by atoms with Crippen molar-refractivity contribution >= 4 is 23.3 Å². The van der Waals surface area contributed by atoms with E-state index in [1.165, 1.54) is 11.5 Å². The zero-order valence-electron chi connectivity index (χ0n) is 12.3. The number of hydrogen-bond donors (Lipinski definition) is 1. The van der Waals surface area contributed by atoms with Crippen LogP contribution in [-0.2, 0) is 0 Å². The predicted molar refractivity (Wildman–Crippen MR) is 94.0 cm³/mol. The third-order valence-corrected chi connectivity index (χ3v) is 4.80. The van der Waals surface area contributed by atoms with Crippen molar-refractivity contribution in [2.24, 2.45) is 0 Å². The van der Waals surface area contributed by atoms with Gasteiger partial charge in [-0.15, -0.1) is 16.9 Å². The highest BCUT2D eigenvalue weighted by molar-refractivity contribution is 7.99. The van der Waals surface area contributed by atoms with Crippen molar-refractivity contribution in [3.8, 4) is 17.0 Å². The molecule has 1 N–H and O–H groups in total. The number of nitrogens with zero attached hydrogens (tertiary/aromatic N) is 2. The van der Waals surface area contributed by atoms with E-state index in [-0.39, 0.29) is 6.61 Å². The van der Waals surface area contributed by atoms with Gasteiger partial charge in [-0.3, -0.25) is 0 Å². The summed E-state index contributed by atoms with van der Waals surface area (Å²) in [5.41, 5.74) is 1.87. The average Bonchev–Trinajstić information content (AvgIpc) is 3.14. The van der Waals surface area contributed by atoms with Gasteiger partial charge >= 0.3 is 0 Å². The first-order valence-electron chi connectivity index (χ1n) is 7.17. The SMILES string of the molecule is O[C@H](COc1ccc(-c2csnn2)cc1)CSc1ccccc1. The molecule has 1 aromatic heterocycles. The van der Waals surface area contributed by atoms with Crippen LogP contribution in [0.3, 0.4) is 0 Å². The number of aromatic nitrogens is 2. The molecular weight excluding hydrogens is 328 g/mol. The Morgan fingerprint density at radius 3 is 2.57 bits per heavy atom. The minimum atomic E-state index is -0.511. The summed E-state index contributed by atoms with van der Waals surface area (Å²) in [6, 6.07) is 17.7. The summed E-state index contributed by atoms with van der Waals surface area (Å²) < 4.78 is 9.48. The Morgan fingerprint density at radius 1 is 1.09 bits per heavy atom. The normalized spacial score (nSPS) is 12.0. The molecule has 2 aromatic carbocycles. The van der Waals surface area contributed by atoms with Crippen molar-refractivity contribution < 1.29 is 9.84 Å². The van der Waals surface area contributed by atoms with Crippen molar-refractivity contribution in [1.29, 1.82) is 0 Å². The Kier molecular flexibility index (Phi) is 5.63. The van der Waals surface area contributed by atoms with Crippen LogP contribution in [0.15, 0.2) is 64.9 Å². The Hall–Kier alpha value is -1.89. The van der Waals surface area contributed by atoms with Crippen LogP contribution in [0.4, 0.5) is 0 Å². The number of ether oxygens (including phenoxy) is 1. The van der Waals surface area contributed by atoms with Gasteiger partial charge in [-0.05, 0) is 47.9 Å². The molecule has 0 unspecified atom stereocenters. The van der Waals surface area contributed by atoms with Gasteiger partial charge in [-0.1, -0.05) is 22.7 Å². The molecule has 0 saturated carbocycles. The fraction of sp³-hybridized carbons (Fsp3) is 0.176. The number of hydrogen-bond acceptors (Lipinski definition) is 6. The summed E-state index contributed by atoms with van der Waals surface area (Å²) in [5.74, 6) is 1.34. The van der Waals surface area contributed by atoms with Crippen molar-refractivity contribution in [2.75, 3.05) is 12.4 Å². The largest absolute Gasteiger partial charge is 0.491 e. The highest BCUT2D eigenvalue weighted by Crippen LogP contribution is 2.22. The van der Waals surface area contributed by atoms with Crippen LogP contribution < -0.4 is 4.74 Å². The number of aliphatic hydroxyl groups is 1. The van der Waals surface area contributed by atoms with E-state index < -0.39 is 6.10 Å². The molecule has 3 rings (SSSR count). The molecule has 0 aliphatic rings. The molecule has 0 amide bonds. The second-order valence-electron chi connectivity index (χ2n) is 4.90. The number of rotatable bonds is 7. The lowest BCUT2D eigenvalue weighted by molar-refractivity contribution is 0.126. The van der Waals surface area contributed by atoms with Gasteiger partial charge in [0, 0.05) is 21.6 Å². The van der Waals surface area contributed by atoms with E-state index >= 15 is 0 Å². The van der Waals surface area contributed by atoms with Crippen molar-refractivity contribution in [3.05, 3.63) is 60.0 Å². The van der Waals surface area contributed by atoms with E-state index in [1.54, 1.807) is 11.8 Å². The van der Waals surface area contributed by atoms with Gasteiger partial charge in [0.1, 0.15) is 18.1 Å². The molecule has 23 heavy (non-hydrogen) atoms. The molecule has 1 atom stereocenters. The fourth-order valence-corrected chi connectivity index (χ4v) is 3.26. The van der Waals surface area contributed by atoms with E-state index in [4.69, 9.17) is 4.74 Å². The van der Waals surface area contributed by atoms with Crippen LogP contribution in [0, 0.1) is 0 Å². The van der Waals surface area contributed by atoms with Crippen LogP contribution in [-0.4, -0.2) is 33.2 Å². The Labute approximate surface area is 143 Å². The summed E-state index contributed by atoms with van der Waals surface area (Å²) in [6.45, 7) is 0.275. The lowest BCUT2D eigenvalue weighted by atomic mass is 10.2. The Balaban J connectivity index is 1.46. The van der Waals surface area contributed by atoms with E-state index in [0.717, 1.165) is 21.9 Å². The molecule has 0 saturated heterocycles. The van der Waals surface area contributed by atoms with Gasteiger partial charge in [-0.25, -0.2) is 0 Å². The van der Waals surface area contributed by atoms with Crippen molar-refractivity contribution in [2.45, 2.75) is 11.0 Å². The van der Waals surface area contributed by atoms with Crippen LogP contribution in [0.5, 0.6) is 5.75 Å². The van der Waals surface area contributed by atoms with Gasteiger partial charge < -0.3 is 9.84 Å². The lowest BCUT2D eigenvalue weighted by Gasteiger charge is -2.12. The van der Waals surface area contributed by atoms with Crippen LogP contribution in [0.25, 0.3) is 11.3 Å². The van der Waals surface area contributed by atoms with E-state index in [2.05, 4.69) is 9.59 Å². The molecule has 4 nitrogen and oxygen atoms in total. The fourth-order valence-electron chi connectivity index (χ4n) is 1.96. The topological polar surface area (TPSA) is 55.2 Å². The molecule has 0 radical (unpaired) electrons. The first-order valence-corrected chi connectivity index (χ1v) is 9.00. The third kappa shape index (κ3) is 4.79. The Bertz CT molecular complexity index is 703. The summed E-state index contributed by atoms with van der Waals surface area (Å²) in [4.78, 5) is 1.15. The van der Waals surface area contributed by atoms with Gasteiger partial charge in [0.05, 0.1) is 6.10 Å². The van der Waals surface area contributed by atoms with E-state index in [0.29, 0.717) is 5.75 Å². The molecule has 1 heterocycles. The zero-order valence-corrected chi connectivity index (χ0v) is 14.0. The average molecular weight is 344 g/mol. The molecule has 0 aliphatic heterocycles. The third-order valence-electron chi connectivity index (χ3n) is 3.14. The first-order chi connectivity index (χ1) is 11.3. The lowest BCUT2D eigenvalue weighted by Crippen LogP contribution is -2.19. The molecule has 118 valence electrons. The smallest absolute Gasteiger partial charge is 0.119 e. The summed E-state index contributed by atoms with van der Waals surface area (Å²) in [6.07, 6.45) is -0.511. The molecular formula is C17H16N2O2S2. The first kappa shape index (κ1) is 16.0. The minimum Gasteiger partial charge on any atom is -0.491 e. The number of aliphatic hydroxyl groups excluding tert-OH is 1. The number of thioether (sulfide) groups is 1. The van der Waals surface area contributed by atoms with Crippen molar-refractivity contribution in [1.82, 2.24) is 9.59 Å². The number of benzene rings is 2. The molecule has 6 heteroatoms. The summed E-state index contributed by atoms with van der Waals surface area (Å²) >= 11 is 2.95. The van der Waals surface area contributed by atoms with Gasteiger partial charge in [-0.2, -0.15) is 0 Å². The Morgan fingerprint density at radius 2 is 1.87 bits per heavy atom. The van der Waals surface area contributed by atoms with Gasteiger partial charge in [0.2, 0.25) is 0 Å². The van der Waals surface area contributed by atoms with Gasteiger partial charge in [0.25, 0.3) is 0 Å². The van der Waals surface area contributed by atoms with Crippen molar-refractivity contribution in [3.63, 3.8) is 0 Å².